The first-order valence-corrected chi connectivity index (χ1v) is 6.27. The third-order valence-electron chi connectivity index (χ3n) is 3.27. The molecule has 1 fully saturated rings. The monoisotopic (exact) mass is 248 g/mol. The first kappa shape index (κ1) is 10.7. The van der Waals surface area contributed by atoms with Crippen LogP contribution in [0.1, 0.15) is 18.4 Å². The first-order valence-electron chi connectivity index (χ1n) is 5.89. The fourth-order valence-corrected chi connectivity index (χ4v) is 2.48. The highest BCUT2D eigenvalue weighted by molar-refractivity contribution is 6.31. The van der Waals surface area contributed by atoms with Crippen LogP contribution in [0.4, 0.5) is 5.69 Å². The van der Waals surface area contributed by atoms with Crippen molar-refractivity contribution >= 4 is 17.3 Å². The number of nitrogens with zero attached hydrogens (tertiary/aromatic N) is 2. The van der Waals surface area contributed by atoms with Crippen LogP contribution in [0.2, 0.25) is 5.02 Å². The summed E-state index contributed by atoms with van der Waals surface area (Å²) >= 11 is 5.98. The lowest BCUT2D eigenvalue weighted by Crippen LogP contribution is -2.35. The van der Waals surface area contributed by atoms with Crippen molar-refractivity contribution in [3.63, 3.8) is 0 Å². The van der Waals surface area contributed by atoms with Gasteiger partial charge in [0.1, 0.15) is 18.4 Å². The molecule has 2 aliphatic rings. The van der Waals surface area contributed by atoms with Gasteiger partial charge < -0.3 is 9.64 Å². The molecule has 0 spiro atoms. The normalized spacial score (nSPS) is 18.2. The Bertz CT molecular complexity index is 491. The molecule has 1 aliphatic heterocycles. The van der Waals surface area contributed by atoms with Crippen LogP contribution in [-0.2, 0) is 0 Å². The molecular formula is C13H13ClN2O. The number of benzene rings is 1. The third-order valence-corrected chi connectivity index (χ3v) is 3.49. The van der Waals surface area contributed by atoms with Crippen LogP contribution in [0.15, 0.2) is 12.1 Å². The molecule has 0 radical (unpaired) electrons. The average molecular weight is 249 g/mol. The molecule has 0 unspecified atom stereocenters. The molecule has 3 nitrogen and oxygen atoms in total. The Morgan fingerprint density at radius 3 is 3.00 bits per heavy atom. The molecule has 4 heteroatoms. The van der Waals surface area contributed by atoms with Gasteiger partial charge in [0.2, 0.25) is 0 Å². The summed E-state index contributed by atoms with van der Waals surface area (Å²) in [7, 11) is 0. The molecule has 0 atom stereocenters. The van der Waals surface area contributed by atoms with Gasteiger partial charge in [-0.2, -0.15) is 5.26 Å². The number of ether oxygens (including phenoxy) is 1. The first-order chi connectivity index (χ1) is 8.28. The highest BCUT2D eigenvalue weighted by Gasteiger charge is 2.29. The predicted octanol–water partition coefficient (Wildman–Crippen LogP) is 2.82. The van der Waals surface area contributed by atoms with Gasteiger partial charge >= 0.3 is 0 Å². The van der Waals surface area contributed by atoms with E-state index in [2.05, 4.69) is 11.0 Å². The Morgan fingerprint density at radius 1 is 1.47 bits per heavy atom. The van der Waals surface area contributed by atoms with E-state index in [4.69, 9.17) is 16.3 Å². The Balaban J connectivity index is 2.01. The second-order valence-electron chi connectivity index (χ2n) is 4.65. The van der Waals surface area contributed by atoms with E-state index in [0.717, 1.165) is 30.4 Å². The van der Waals surface area contributed by atoms with Gasteiger partial charge in [-0.05, 0) is 24.8 Å². The summed E-state index contributed by atoms with van der Waals surface area (Å²) < 4.78 is 5.60. The summed E-state index contributed by atoms with van der Waals surface area (Å²) in [5, 5.41) is 9.76. The summed E-state index contributed by atoms with van der Waals surface area (Å²) in [4.78, 5) is 2.27. The zero-order valence-electron chi connectivity index (χ0n) is 9.45. The molecule has 0 amide bonds. The van der Waals surface area contributed by atoms with Crippen LogP contribution in [0.3, 0.4) is 0 Å². The van der Waals surface area contributed by atoms with Crippen LogP contribution in [0.5, 0.6) is 5.75 Å². The summed E-state index contributed by atoms with van der Waals surface area (Å²) in [6, 6.07) is 5.73. The van der Waals surface area contributed by atoms with E-state index in [1.165, 1.54) is 12.8 Å². The number of halogens is 1. The number of rotatable bonds is 2. The summed E-state index contributed by atoms with van der Waals surface area (Å²) in [5.74, 6) is 1.55. The van der Waals surface area contributed by atoms with Crippen molar-refractivity contribution in [1.82, 2.24) is 0 Å². The minimum absolute atomic E-state index is 0.563. The second kappa shape index (κ2) is 4.12. The second-order valence-corrected chi connectivity index (χ2v) is 5.09. The predicted molar refractivity (Wildman–Crippen MR) is 66.6 cm³/mol. The highest BCUT2D eigenvalue weighted by Crippen LogP contribution is 2.40. The third kappa shape index (κ3) is 2.05. The molecule has 1 aromatic carbocycles. The number of hydrogen-bond acceptors (Lipinski definition) is 3. The zero-order valence-corrected chi connectivity index (χ0v) is 10.2. The largest absolute Gasteiger partial charge is 0.489 e. The summed E-state index contributed by atoms with van der Waals surface area (Å²) in [6.45, 7) is 2.57. The van der Waals surface area contributed by atoms with Crippen LogP contribution in [0.25, 0.3) is 0 Å². The van der Waals surface area contributed by atoms with Crippen LogP contribution >= 0.6 is 11.6 Å². The van der Waals surface area contributed by atoms with E-state index in [1.54, 1.807) is 12.1 Å². The van der Waals surface area contributed by atoms with Crippen molar-refractivity contribution in [2.24, 2.45) is 5.92 Å². The Kier molecular flexibility index (Phi) is 2.60. The molecule has 0 saturated heterocycles. The molecule has 1 saturated carbocycles. The molecule has 0 N–H and O–H groups in total. The Morgan fingerprint density at radius 2 is 2.29 bits per heavy atom. The van der Waals surface area contributed by atoms with Gasteiger partial charge in [0.25, 0.3) is 0 Å². The number of anilines is 1. The van der Waals surface area contributed by atoms with Crippen LogP contribution < -0.4 is 9.64 Å². The molecule has 0 aromatic heterocycles. The smallest absolute Gasteiger partial charge is 0.145 e. The van der Waals surface area contributed by atoms with Crippen molar-refractivity contribution in [2.75, 3.05) is 24.6 Å². The van der Waals surface area contributed by atoms with E-state index in [1.807, 2.05) is 0 Å². The maximum absolute atomic E-state index is 9.19. The number of fused-ring (bicyclic) bond motifs is 1. The van der Waals surface area contributed by atoms with Crippen LogP contribution in [-0.4, -0.2) is 19.7 Å². The van der Waals surface area contributed by atoms with Crippen molar-refractivity contribution in [1.29, 1.82) is 5.26 Å². The van der Waals surface area contributed by atoms with Gasteiger partial charge in [-0.3, -0.25) is 0 Å². The standard InChI is InChI=1S/C13H13ClN2O/c14-11-5-10(7-15)13-12(6-11)17-4-3-16(13)8-9-1-2-9/h5-6,9H,1-4,8H2. The fraction of sp³-hybridized carbons (Fsp3) is 0.462. The Hall–Kier alpha value is -1.40. The van der Waals surface area contributed by atoms with E-state index in [9.17, 15) is 5.26 Å². The lowest BCUT2D eigenvalue weighted by atomic mass is 10.1. The maximum Gasteiger partial charge on any atom is 0.145 e. The molecule has 1 aromatic rings. The van der Waals surface area contributed by atoms with Crippen molar-refractivity contribution < 1.29 is 4.74 Å². The van der Waals surface area contributed by atoms with Gasteiger partial charge in [0.05, 0.1) is 17.8 Å². The van der Waals surface area contributed by atoms with Gasteiger partial charge in [0, 0.05) is 17.6 Å². The average Bonchev–Trinajstić information content (AvgIpc) is 3.11. The molecule has 88 valence electrons. The van der Waals surface area contributed by atoms with Crippen molar-refractivity contribution in [3.8, 4) is 11.8 Å². The SMILES string of the molecule is N#Cc1cc(Cl)cc2c1N(CC1CC1)CCO2. The topological polar surface area (TPSA) is 36.3 Å². The molecular weight excluding hydrogens is 236 g/mol. The number of nitriles is 1. The summed E-state index contributed by atoms with van der Waals surface area (Å²) in [5.41, 5.74) is 1.54. The molecule has 17 heavy (non-hydrogen) atoms. The van der Waals surface area contributed by atoms with Gasteiger partial charge in [-0.15, -0.1) is 0 Å². The quantitative estimate of drug-likeness (QED) is 0.808. The molecule has 1 heterocycles. The van der Waals surface area contributed by atoms with E-state index >= 15 is 0 Å². The van der Waals surface area contributed by atoms with E-state index in [0.29, 0.717) is 17.2 Å². The van der Waals surface area contributed by atoms with Gasteiger partial charge in [0.15, 0.2) is 0 Å². The fourth-order valence-electron chi connectivity index (χ4n) is 2.27. The number of hydrogen-bond donors (Lipinski definition) is 0. The van der Waals surface area contributed by atoms with Crippen LogP contribution in [0, 0.1) is 17.2 Å². The van der Waals surface area contributed by atoms with E-state index < -0.39 is 0 Å². The summed E-state index contributed by atoms with van der Waals surface area (Å²) in [6.07, 6.45) is 2.62. The molecule has 1 aliphatic carbocycles. The van der Waals surface area contributed by atoms with Crippen molar-refractivity contribution in [2.45, 2.75) is 12.8 Å². The minimum atomic E-state index is 0.563. The van der Waals surface area contributed by atoms with Crippen molar-refractivity contribution in [3.05, 3.63) is 22.7 Å². The minimum Gasteiger partial charge on any atom is -0.489 e. The Labute approximate surface area is 106 Å². The van der Waals surface area contributed by atoms with Gasteiger partial charge in [-0.25, -0.2) is 0 Å². The molecule has 0 bridgehead atoms. The lowest BCUT2D eigenvalue weighted by molar-refractivity contribution is 0.306. The highest BCUT2D eigenvalue weighted by atomic mass is 35.5. The lowest BCUT2D eigenvalue weighted by Gasteiger charge is -2.32. The molecule has 3 rings (SSSR count). The van der Waals surface area contributed by atoms with E-state index in [-0.39, 0.29) is 0 Å². The van der Waals surface area contributed by atoms with Gasteiger partial charge in [-0.1, -0.05) is 11.6 Å². The maximum atomic E-state index is 9.19. The zero-order chi connectivity index (χ0) is 11.8.